The number of aliphatic hydroxyl groups excluding tert-OH is 1. The summed E-state index contributed by atoms with van der Waals surface area (Å²) < 4.78 is 48.9. The maximum Gasteiger partial charge on any atom is 0.274 e. The van der Waals surface area contributed by atoms with E-state index < -0.39 is 45.7 Å². The van der Waals surface area contributed by atoms with Crippen molar-refractivity contribution >= 4 is 27.5 Å². The predicted octanol–water partition coefficient (Wildman–Crippen LogP) is 2.66. The fraction of sp³-hybridized carbons (Fsp3) is 0.393. The summed E-state index contributed by atoms with van der Waals surface area (Å²) >= 11 is 0. The molecule has 2 N–H and O–H groups in total. The number of benzene rings is 2. The number of carbonyl (C=O) groups excluding carboxylic acids is 2. The van der Waals surface area contributed by atoms with Gasteiger partial charge in [-0.25, -0.2) is 12.8 Å². The molecule has 1 aromatic heterocycles. The standard InChI is InChI=1S/C28H34FN5O6S/c1-17-14-34(19(3)16-35)28(37)22-7-6-8-23(30-27(36)24-13-18(2)31-33(24)5)26(22)40-25(17)15-32(4)41(38,39)21-11-9-20(29)10-12-21/h6-13,17,19,25,35H,14-16H2,1-5H3,(H,30,36)/t17-,19+,25-/m0/s1. The monoisotopic (exact) mass is 587 g/mol. The third kappa shape index (κ3) is 6.26. The Bertz CT molecular complexity index is 1540. The zero-order chi connectivity index (χ0) is 30.1. The minimum Gasteiger partial charge on any atom is -0.486 e. The predicted molar refractivity (Wildman–Crippen MR) is 150 cm³/mol. The quantitative estimate of drug-likeness (QED) is 0.414. The van der Waals surface area contributed by atoms with Gasteiger partial charge in [0, 0.05) is 26.6 Å². The van der Waals surface area contributed by atoms with Crippen LogP contribution < -0.4 is 10.1 Å². The molecule has 4 rings (SSSR count). The highest BCUT2D eigenvalue weighted by Crippen LogP contribution is 2.35. The number of para-hydroxylation sites is 1. The number of halogens is 1. The van der Waals surface area contributed by atoms with Crippen molar-refractivity contribution < 1.29 is 32.2 Å². The summed E-state index contributed by atoms with van der Waals surface area (Å²) in [5.74, 6) is -1.73. The zero-order valence-corrected chi connectivity index (χ0v) is 24.4. The normalized spacial score (nSPS) is 18.3. The summed E-state index contributed by atoms with van der Waals surface area (Å²) in [6.07, 6.45) is -0.771. The van der Waals surface area contributed by atoms with Gasteiger partial charge in [-0.15, -0.1) is 0 Å². The van der Waals surface area contributed by atoms with Crippen LogP contribution in [0.5, 0.6) is 5.75 Å². The van der Waals surface area contributed by atoms with Gasteiger partial charge in [-0.05, 0) is 56.3 Å². The molecular weight excluding hydrogens is 553 g/mol. The molecule has 220 valence electrons. The number of carbonyl (C=O) groups is 2. The van der Waals surface area contributed by atoms with Crippen molar-refractivity contribution in [1.29, 1.82) is 0 Å². The number of likely N-dealkylation sites (N-methyl/N-ethyl adjacent to an activating group) is 1. The van der Waals surface area contributed by atoms with E-state index in [4.69, 9.17) is 4.74 Å². The highest BCUT2D eigenvalue weighted by molar-refractivity contribution is 7.89. The van der Waals surface area contributed by atoms with Crippen LogP contribution in [0.15, 0.2) is 53.4 Å². The van der Waals surface area contributed by atoms with Gasteiger partial charge in [-0.3, -0.25) is 14.3 Å². The molecule has 1 aliphatic heterocycles. The third-order valence-electron chi connectivity index (χ3n) is 7.13. The van der Waals surface area contributed by atoms with E-state index in [0.717, 1.165) is 16.4 Å². The molecule has 3 atom stereocenters. The largest absolute Gasteiger partial charge is 0.486 e. The SMILES string of the molecule is Cc1cc(C(=O)Nc2cccc3c2O[C@@H](CN(C)S(=O)(=O)c2ccc(F)cc2)[C@@H](C)CN([C@H](C)CO)C3=O)n(C)n1. The van der Waals surface area contributed by atoms with Gasteiger partial charge in [-0.1, -0.05) is 13.0 Å². The van der Waals surface area contributed by atoms with Crippen molar-refractivity contribution in [2.45, 2.75) is 37.8 Å². The lowest BCUT2D eigenvalue weighted by Crippen LogP contribution is -2.50. The number of hydrogen-bond donors (Lipinski definition) is 2. The molecule has 1 aliphatic rings. The zero-order valence-electron chi connectivity index (χ0n) is 23.5. The van der Waals surface area contributed by atoms with Crippen LogP contribution in [-0.2, 0) is 17.1 Å². The fourth-order valence-corrected chi connectivity index (χ4v) is 5.89. The number of nitrogens with one attached hydrogen (secondary N) is 1. The minimum absolute atomic E-state index is 0.0783. The molecule has 0 unspecified atom stereocenters. The lowest BCUT2D eigenvalue weighted by Gasteiger charge is -2.38. The molecule has 0 fully saturated rings. The van der Waals surface area contributed by atoms with E-state index in [1.165, 1.54) is 28.8 Å². The first kappa shape index (κ1) is 30.2. The number of ether oxygens (including phenoxy) is 1. The van der Waals surface area contributed by atoms with E-state index in [2.05, 4.69) is 10.4 Å². The summed E-state index contributed by atoms with van der Waals surface area (Å²) in [5.41, 5.74) is 1.33. The Morgan fingerprint density at radius 1 is 1.27 bits per heavy atom. The topological polar surface area (TPSA) is 134 Å². The molecule has 0 radical (unpaired) electrons. The van der Waals surface area contributed by atoms with Gasteiger partial charge in [0.2, 0.25) is 10.0 Å². The molecule has 0 aliphatic carbocycles. The number of aryl methyl sites for hydroxylation is 2. The first-order chi connectivity index (χ1) is 19.3. The molecule has 2 amide bonds. The van der Waals surface area contributed by atoms with Crippen LogP contribution in [0, 0.1) is 18.7 Å². The summed E-state index contributed by atoms with van der Waals surface area (Å²) in [6.45, 7) is 5.07. The molecule has 2 aromatic carbocycles. The van der Waals surface area contributed by atoms with Crippen molar-refractivity contribution in [3.63, 3.8) is 0 Å². The smallest absolute Gasteiger partial charge is 0.274 e. The number of hydrogen-bond acceptors (Lipinski definition) is 7. The first-order valence-electron chi connectivity index (χ1n) is 13.1. The molecule has 0 bridgehead atoms. The fourth-order valence-electron chi connectivity index (χ4n) is 4.71. The van der Waals surface area contributed by atoms with Crippen LogP contribution in [0.25, 0.3) is 0 Å². The minimum atomic E-state index is -4.00. The number of aromatic nitrogens is 2. The molecule has 41 heavy (non-hydrogen) atoms. The van der Waals surface area contributed by atoms with Gasteiger partial charge in [0.05, 0.1) is 41.0 Å². The summed E-state index contributed by atoms with van der Waals surface area (Å²) in [5, 5.41) is 16.9. The van der Waals surface area contributed by atoms with Crippen molar-refractivity contribution in [3.05, 3.63) is 71.3 Å². The summed E-state index contributed by atoms with van der Waals surface area (Å²) in [6, 6.07) is 10.4. The van der Waals surface area contributed by atoms with E-state index in [0.29, 0.717) is 11.4 Å². The molecule has 11 nitrogen and oxygen atoms in total. The molecule has 0 saturated carbocycles. The van der Waals surface area contributed by atoms with Gasteiger partial charge in [-0.2, -0.15) is 9.40 Å². The highest BCUT2D eigenvalue weighted by atomic mass is 32.2. The van der Waals surface area contributed by atoms with Crippen LogP contribution in [-0.4, -0.2) is 83.2 Å². The van der Waals surface area contributed by atoms with Crippen molar-refractivity contribution in [2.24, 2.45) is 13.0 Å². The number of sulfonamides is 1. The maximum atomic E-state index is 13.7. The van der Waals surface area contributed by atoms with Gasteiger partial charge in [0.1, 0.15) is 17.6 Å². The van der Waals surface area contributed by atoms with Crippen LogP contribution in [0.4, 0.5) is 10.1 Å². The Morgan fingerprint density at radius 3 is 2.56 bits per heavy atom. The number of nitrogens with zero attached hydrogens (tertiary/aromatic N) is 4. The number of amides is 2. The van der Waals surface area contributed by atoms with Crippen molar-refractivity contribution in [3.8, 4) is 5.75 Å². The van der Waals surface area contributed by atoms with E-state index in [9.17, 15) is 27.5 Å². The Kier molecular flexibility index (Phi) is 8.80. The molecule has 3 aromatic rings. The average Bonchev–Trinajstić information content (AvgIpc) is 3.28. The van der Waals surface area contributed by atoms with Crippen LogP contribution in [0.2, 0.25) is 0 Å². The average molecular weight is 588 g/mol. The van der Waals surface area contributed by atoms with Crippen LogP contribution in [0.3, 0.4) is 0 Å². The molecule has 0 spiro atoms. The Morgan fingerprint density at radius 2 is 1.95 bits per heavy atom. The number of aliphatic hydroxyl groups is 1. The highest BCUT2D eigenvalue weighted by Gasteiger charge is 2.36. The Balaban J connectivity index is 1.73. The Labute approximate surface area is 238 Å². The third-order valence-corrected chi connectivity index (χ3v) is 8.97. The molecule has 13 heteroatoms. The summed E-state index contributed by atoms with van der Waals surface area (Å²) in [7, 11) is -0.968. The van der Waals surface area contributed by atoms with Gasteiger partial charge in [0.15, 0.2) is 5.75 Å². The summed E-state index contributed by atoms with van der Waals surface area (Å²) in [4.78, 5) is 28.3. The lowest BCUT2D eigenvalue weighted by atomic mass is 9.99. The van der Waals surface area contributed by atoms with E-state index in [1.54, 1.807) is 45.2 Å². The molecular formula is C28H34FN5O6S. The van der Waals surface area contributed by atoms with Crippen LogP contribution >= 0.6 is 0 Å². The van der Waals surface area contributed by atoms with E-state index in [1.807, 2.05) is 6.92 Å². The van der Waals surface area contributed by atoms with Gasteiger partial charge >= 0.3 is 0 Å². The second-order valence-electron chi connectivity index (χ2n) is 10.3. The second-order valence-corrected chi connectivity index (χ2v) is 12.3. The maximum absolute atomic E-state index is 13.7. The second kappa shape index (κ2) is 12.0. The van der Waals surface area contributed by atoms with E-state index in [-0.39, 0.29) is 41.6 Å². The van der Waals surface area contributed by atoms with Gasteiger partial charge < -0.3 is 20.1 Å². The first-order valence-corrected chi connectivity index (χ1v) is 14.5. The molecule has 0 saturated heterocycles. The number of fused-ring (bicyclic) bond motifs is 1. The molecule has 2 heterocycles. The van der Waals surface area contributed by atoms with Crippen LogP contribution in [0.1, 0.15) is 40.4 Å². The number of rotatable bonds is 8. The van der Waals surface area contributed by atoms with E-state index >= 15 is 0 Å². The lowest BCUT2D eigenvalue weighted by molar-refractivity contribution is 0.0388. The van der Waals surface area contributed by atoms with Crippen molar-refractivity contribution in [1.82, 2.24) is 19.0 Å². The van der Waals surface area contributed by atoms with Gasteiger partial charge in [0.25, 0.3) is 11.8 Å². The van der Waals surface area contributed by atoms with Crippen molar-refractivity contribution in [2.75, 3.05) is 32.1 Å². The Hall–Kier alpha value is -3.81. The number of anilines is 1.